The van der Waals surface area contributed by atoms with E-state index in [0.29, 0.717) is 6.04 Å². The van der Waals surface area contributed by atoms with Crippen LogP contribution in [0.4, 0.5) is 5.69 Å². The van der Waals surface area contributed by atoms with E-state index in [9.17, 15) is 0 Å². The smallest absolute Gasteiger partial charge is 0.0956 e. The van der Waals surface area contributed by atoms with Gasteiger partial charge in [0.25, 0.3) is 0 Å². The maximum atomic E-state index is 6.07. The van der Waals surface area contributed by atoms with Crippen molar-refractivity contribution in [1.29, 1.82) is 0 Å². The lowest BCUT2D eigenvalue weighted by atomic mass is 9.89. The number of aryl methyl sites for hydroxylation is 1. The zero-order valence-electron chi connectivity index (χ0n) is 11.2. The Kier molecular flexibility index (Phi) is 3.70. The molecule has 2 fully saturated rings. The molecule has 3 nitrogen and oxygen atoms in total. The van der Waals surface area contributed by atoms with Gasteiger partial charge in [-0.25, -0.2) is 0 Å². The summed E-state index contributed by atoms with van der Waals surface area (Å²) in [6, 6.07) is 6.42. The van der Waals surface area contributed by atoms with E-state index >= 15 is 0 Å². The van der Waals surface area contributed by atoms with Gasteiger partial charge in [0, 0.05) is 36.4 Å². The Morgan fingerprint density at radius 3 is 3.05 bits per heavy atom. The molecule has 1 aromatic rings. The second-order valence-corrected chi connectivity index (χ2v) is 6.06. The van der Waals surface area contributed by atoms with Crippen LogP contribution in [0.3, 0.4) is 0 Å². The molecule has 3 rings (SSSR count). The highest BCUT2D eigenvalue weighted by Gasteiger charge is 2.41. The number of rotatable bonds is 2. The fourth-order valence-corrected chi connectivity index (χ4v) is 3.16. The molecule has 4 heteroatoms. The number of nitrogens with one attached hydrogen (secondary N) is 1. The molecule has 0 saturated carbocycles. The molecule has 2 saturated heterocycles. The van der Waals surface area contributed by atoms with Gasteiger partial charge in [-0.1, -0.05) is 17.7 Å². The minimum Gasteiger partial charge on any atom is -0.382 e. The monoisotopic (exact) mass is 281 g/mol. The van der Waals surface area contributed by atoms with E-state index in [0.717, 1.165) is 49.8 Å². The van der Waals surface area contributed by atoms with Crippen LogP contribution in [-0.4, -0.2) is 31.5 Å². The van der Waals surface area contributed by atoms with Gasteiger partial charge in [-0.2, -0.15) is 0 Å². The third-order valence-corrected chi connectivity index (χ3v) is 4.35. The lowest BCUT2D eigenvalue weighted by molar-refractivity contribution is -0.0828. The molecule has 1 N–H and O–H groups in total. The molecular formula is C15H20ClNO2. The fourth-order valence-electron chi connectivity index (χ4n) is 2.98. The first-order valence-corrected chi connectivity index (χ1v) is 7.29. The van der Waals surface area contributed by atoms with Crippen LogP contribution in [0.2, 0.25) is 5.02 Å². The average molecular weight is 282 g/mol. The topological polar surface area (TPSA) is 30.5 Å². The number of hydrogen-bond donors (Lipinski definition) is 1. The SMILES string of the molecule is Cc1ccc(Cl)cc1NC1CCOC2(CCOC2)C1. The number of benzene rings is 1. The van der Waals surface area contributed by atoms with Crippen LogP contribution in [0, 0.1) is 6.92 Å². The van der Waals surface area contributed by atoms with Gasteiger partial charge >= 0.3 is 0 Å². The number of ether oxygens (including phenoxy) is 2. The first-order valence-electron chi connectivity index (χ1n) is 6.91. The van der Waals surface area contributed by atoms with Crippen LogP contribution in [-0.2, 0) is 9.47 Å². The molecule has 0 amide bonds. The molecule has 2 atom stereocenters. The van der Waals surface area contributed by atoms with Crippen LogP contribution in [0.1, 0.15) is 24.8 Å². The maximum absolute atomic E-state index is 6.07. The summed E-state index contributed by atoms with van der Waals surface area (Å²) in [5, 5.41) is 4.40. The zero-order chi connectivity index (χ0) is 13.3. The number of hydrogen-bond acceptors (Lipinski definition) is 3. The lowest BCUT2D eigenvalue weighted by Crippen LogP contribution is -2.45. The largest absolute Gasteiger partial charge is 0.382 e. The highest BCUT2D eigenvalue weighted by atomic mass is 35.5. The lowest BCUT2D eigenvalue weighted by Gasteiger charge is -2.38. The van der Waals surface area contributed by atoms with E-state index in [1.165, 1.54) is 5.56 Å². The summed E-state index contributed by atoms with van der Waals surface area (Å²) in [6.07, 6.45) is 3.06. The van der Waals surface area contributed by atoms with Crippen LogP contribution in [0.15, 0.2) is 18.2 Å². The Labute approximate surface area is 119 Å². The molecule has 1 aromatic carbocycles. The first-order chi connectivity index (χ1) is 9.17. The third-order valence-electron chi connectivity index (χ3n) is 4.12. The molecule has 19 heavy (non-hydrogen) atoms. The van der Waals surface area contributed by atoms with E-state index in [-0.39, 0.29) is 5.60 Å². The van der Waals surface area contributed by atoms with E-state index in [4.69, 9.17) is 21.1 Å². The number of anilines is 1. The van der Waals surface area contributed by atoms with Gasteiger partial charge in [0.2, 0.25) is 0 Å². The van der Waals surface area contributed by atoms with E-state index in [2.05, 4.69) is 18.3 Å². The van der Waals surface area contributed by atoms with Crippen molar-refractivity contribution in [2.24, 2.45) is 0 Å². The van der Waals surface area contributed by atoms with Crippen molar-refractivity contribution >= 4 is 17.3 Å². The molecule has 0 radical (unpaired) electrons. The summed E-state index contributed by atoms with van der Waals surface area (Å²) < 4.78 is 11.5. The Morgan fingerprint density at radius 1 is 1.37 bits per heavy atom. The molecule has 104 valence electrons. The highest BCUT2D eigenvalue weighted by molar-refractivity contribution is 6.30. The summed E-state index contributed by atoms with van der Waals surface area (Å²) in [5.74, 6) is 0. The second-order valence-electron chi connectivity index (χ2n) is 5.63. The van der Waals surface area contributed by atoms with E-state index in [1.54, 1.807) is 0 Å². The highest BCUT2D eigenvalue weighted by Crippen LogP contribution is 2.34. The Hall–Kier alpha value is -0.770. The van der Waals surface area contributed by atoms with Crippen molar-refractivity contribution in [1.82, 2.24) is 0 Å². The predicted molar refractivity (Wildman–Crippen MR) is 77.0 cm³/mol. The molecule has 2 aliphatic rings. The summed E-state index contributed by atoms with van der Waals surface area (Å²) in [5.41, 5.74) is 2.31. The van der Waals surface area contributed by atoms with Gasteiger partial charge in [-0.15, -0.1) is 0 Å². The molecule has 0 bridgehead atoms. The fraction of sp³-hybridized carbons (Fsp3) is 0.600. The van der Waals surface area contributed by atoms with Gasteiger partial charge in [0.05, 0.1) is 12.2 Å². The second kappa shape index (κ2) is 5.31. The van der Waals surface area contributed by atoms with Crippen LogP contribution < -0.4 is 5.32 Å². The Morgan fingerprint density at radius 2 is 2.26 bits per heavy atom. The molecular weight excluding hydrogens is 262 g/mol. The standard InChI is InChI=1S/C15H20ClNO2/c1-11-2-3-12(16)8-14(11)17-13-4-6-19-15(9-13)5-7-18-10-15/h2-3,8,13,17H,4-7,9-10H2,1H3. The van der Waals surface area contributed by atoms with Crippen LogP contribution >= 0.6 is 11.6 Å². The van der Waals surface area contributed by atoms with Gasteiger partial charge in [0.15, 0.2) is 0 Å². The molecule has 0 aliphatic carbocycles. The minimum absolute atomic E-state index is 0.0532. The van der Waals surface area contributed by atoms with Crippen molar-refractivity contribution in [3.8, 4) is 0 Å². The van der Waals surface area contributed by atoms with E-state index < -0.39 is 0 Å². The van der Waals surface area contributed by atoms with Gasteiger partial charge in [-0.3, -0.25) is 0 Å². The molecule has 2 heterocycles. The number of halogens is 1. The summed E-state index contributed by atoms with van der Waals surface area (Å²) >= 11 is 6.07. The maximum Gasteiger partial charge on any atom is 0.0956 e. The summed E-state index contributed by atoms with van der Waals surface area (Å²) in [7, 11) is 0. The van der Waals surface area contributed by atoms with Gasteiger partial charge in [-0.05, 0) is 37.5 Å². The van der Waals surface area contributed by atoms with Crippen LogP contribution in [0.5, 0.6) is 0 Å². The molecule has 1 spiro atoms. The molecule has 0 aromatic heterocycles. The Bertz CT molecular complexity index is 457. The normalized spacial score (nSPS) is 30.7. The van der Waals surface area contributed by atoms with Crippen molar-refractivity contribution in [2.75, 3.05) is 25.1 Å². The summed E-state index contributed by atoms with van der Waals surface area (Å²) in [4.78, 5) is 0. The van der Waals surface area contributed by atoms with Crippen molar-refractivity contribution in [3.63, 3.8) is 0 Å². The van der Waals surface area contributed by atoms with E-state index in [1.807, 2.05) is 12.1 Å². The van der Waals surface area contributed by atoms with Gasteiger partial charge < -0.3 is 14.8 Å². The van der Waals surface area contributed by atoms with Gasteiger partial charge in [0.1, 0.15) is 0 Å². The van der Waals surface area contributed by atoms with Crippen LogP contribution in [0.25, 0.3) is 0 Å². The quantitative estimate of drug-likeness (QED) is 0.901. The first kappa shape index (κ1) is 13.2. The molecule has 2 aliphatic heterocycles. The average Bonchev–Trinajstić information content (AvgIpc) is 2.82. The predicted octanol–water partition coefficient (Wildman–Crippen LogP) is 3.40. The minimum atomic E-state index is -0.0532. The zero-order valence-corrected chi connectivity index (χ0v) is 12.0. The Balaban J connectivity index is 1.70. The third kappa shape index (κ3) is 2.88. The molecule has 2 unspecified atom stereocenters. The van der Waals surface area contributed by atoms with Crippen molar-refractivity contribution in [3.05, 3.63) is 28.8 Å². The van der Waals surface area contributed by atoms with Crippen molar-refractivity contribution in [2.45, 2.75) is 37.8 Å². The van der Waals surface area contributed by atoms with Crippen molar-refractivity contribution < 1.29 is 9.47 Å². The summed E-state index contributed by atoms with van der Waals surface area (Å²) in [6.45, 7) is 4.47.